The Bertz CT molecular complexity index is 214. The van der Waals surface area contributed by atoms with Crippen LogP contribution in [0.2, 0.25) is 0 Å². The van der Waals surface area contributed by atoms with Crippen molar-refractivity contribution in [1.29, 1.82) is 0 Å². The highest BCUT2D eigenvalue weighted by Crippen LogP contribution is 2.10. The van der Waals surface area contributed by atoms with E-state index in [2.05, 4.69) is 30.1 Å². The van der Waals surface area contributed by atoms with Gasteiger partial charge in [-0.3, -0.25) is 4.90 Å². The van der Waals surface area contributed by atoms with Gasteiger partial charge in [-0.15, -0.1) is 0 Å². The Hall–Kier alpha value is -0.380. The van der Waals surface area contributed by atoms with Crippen molar-refractivity contribution in [2.75, 3.05) is 26.2 Å². The van der Waals surface area contributed by atoms with E-state index in [1.165, 1.54) is 31.5 Å². The number of nitrogens with one attached hydrogen (secondary N) is 1. The molecule has 1 rings (SSSR count). The Balaban J connectivity index is 2.16. The third-order valence-corrected chi connectivity index (χ3v) is 3.05. The van der Waals surface area contributed by atoms with Crippen LogP contribution in [-0.4, -0.2) is 48.3 Å². The molecule has 1 atom stereocenters. The van der Waals surface area contributed by atoms with Gasteiger partial charge in [0.15, 0.2) is 0 Å². The first-order chi connectivity index (χ1) is 7.58. The summed E-state index contributed by atoms with van der Waals surface area (Å²) in [6, 6.07) is 0.595. The van der Waals surface area contributed by atoms with Crippen molar-refractivity contribution in [3.8, 4) is 0 Å². The van der Waals surface area contributed by atoms with Crippen LogP contribution in [0.1, 0.15) is 33.6 Å². The molecule has 0 aromatic rings. The van der Waals surface area contributed by atoms with Crippen LogP contribution in [0, 0.1) is 0 Å². The number of nitrogens with zero attached hydrogens (tertiary/aromatic N) is 1. The van der Waals surface area contributed by atoms with Crippen molar-refractivity contribution in [1.82, 2.24) is 10.2 Å². The maximum atomic E-state index is 9.20. The van der Waals surface area contributed by atoms with Crippen LogP contribution in [0.5, 0.6) is 0 Å². The van der Waals surface area contributed by atoms with Gasteiger partial charge in [0.2, 0.25) is 0 Å². The highest BCUT2D eigenvalue weighted by atomic mass is 16.3. The van der Waals surface area contributed by atoms with Gasteiger partial charge in [0.1, 0.15) is 0 Å². The largest absolute Gasteiger partial charge is 0.392 e. The molecular weight excluding hydrogens is 200 g/mol. The summed E-state index contributed by atoms with van der Waals surface area (Å²) in [6.45, 7) is 10.3. The smallest absolute Gasteiger partial charge is 0.0636 e. The fourth-order valence-corrected chi connectivity index (χ4v) is 1.97. The number of allylic oxidation sites excluding steroid dienone is 1. The number of aliphatic hydroxyl groups is 1. The molecule has 16 heavy (non-hydrogen) atoms. The first-order valence-electron chi connectivity index (χ1n) is 6.35. The maximum absolute atomic E-state index is 9.20. The number of rotatable bonds is 5. The van der Waals surface area contributed by atoms with Crippen molar-refractivity contribution in [3.05, 3.63) is 11.6 Å². The second kappa shape index (κ2) is 7.05. The van der Waals surface area contributed by atoms with Gasteiger partial charge in [-0.2, -0.15) is 0 Å². The first-order valence-corrected chi connectivity index (χ1v) is 6.35. The summed E-state index contributed by atoms with van der Waals surface area (Å²) in [5, 5.41) is 12.6. The predicted molar refractivity (Wildman–Crippen MR) is 68.6 cm³/mol. The van der Waals surface area contributed by atoms with Gasteiger partial charge in [-0.05, 0) is 46.7 Å². The van der Waals surface area contributed by atoms with Gasteiger partial charge in [-0.1, -0.05) is 11.6 Å². The molecule has 1 unspecified atom stereocenters. The third kappa shape index (κ3) is 5.64. The van der Waals surface area contributed by atoms with E-state index >= 15 is 0 Å². The second-order valence-electron chi connectivity index (χ2n) is 5.11. The number of hydrogen-bond donors (Lipinski definition) is 2. The van der Waals surface area contributed by atoms with Crippen LogP contribution in [0.15, 0.2) is 11.6 Å². The molecule has 0 radical (unpaired) electrons. The van der Waals surface area contributed by atoms with E-state index in [0.717, 1.165) is 13.1 Å². The van der Waals surface area contributed by atoms with E-state index < -0.39 is 0 Å². The molecule has 0 aromatic carbocycles. The first kappa shape index (κ1) is 13.7. The topological polar surface area (TPSA) is 35.5 Å². The molecule has 0 bridgehead atoms. The quantitative estimate of drug-likeness (QED) is 0.695. The fourth-order valence-electron chi connectivity index (χ4n) is 1.97. The molecule has 3 heteroatoms. The molecule has 0 aliphatic carbocycles. The minimum absolute atomic E-state index is 0.233. The van der Waals surface area contributed by atoms with Crippen LogP contribution in [0.25, 0.3) is 0 Å². The number of likely N-dealkylation sites (tertiary alicyclic amines) is 1. The Morgan fingerprint density at radius 3 is 2.56 bits per heavy atom. The number of piperidine rings is 1. The predicted octanol–water partition coefficient (Wildman–Crippen LogP) is 1.39. The Morgan fingerprint density at radius 1 is 1.44 bits per heavy atom. The summed E-state index contributed by atoms with van der Waals surface area (Å²) in [5.74, 6) is 0. The summed E-state index contributed by atoms with van der Waals surface area (Å²) in [6.07, 6.45) is 4.46. The Kier molecular flexibility index (Phi) is 6.03. The number of hydrogen-bond acceptors (Lipinski definition) is 3. The molecular formula is C13H26N2O. The van der Waals surface area contributed by atoms with Crippen LogP contribution in [0.3, 0.4) is 0 Å². The summed E-state index contributed by atoms with van der Waals surface area (Å²) in [7, 11) is 0. The van der Waals surface area contributed by atoms with Crippen LogP contribution in [-0.2, 0) is 0 Å². The van der Waals surface area contributed by atoms with Gasteiger partial charge in [0, 0.05) is 19.1 Å². The summed E-state index contributed by atoms with van der Waals surface area (Å²) in [5.41, 5.74) is 1.40. The minimum Gasteiger partial charge on any atom is -0.392 e. The van der Waals surface area contributed by atoms with E-state index in [0.29, 0.717) is 6.04 Å². The monoisotopic (exact) mass is 226 g/mol. The highest BCUT2D eigenvalue weighted by Gasteiger charge is 2.17. The molecule has 1 heterocycles. The standard InChI is InChI=1S/C13H26N2O/c1-11(2)4-7-15-8-5-13(6-9-15)14-10-12(3)16/h4,12-14,16H,5-10H2,1-3H3. The van der Waals surface area contributed by atoms with E-state index in [1.807, 2.05) is 6.92 Å². The SMILES string of the molecule is CC(C)=CCN1CCC(NCC(C)O)CC1. The lowest BCUT2D eigenvalue weighted by atomic mass is 10.0. The van der Waals surface area contributed by atoms with Gasteiger partial charge in [0.05, 0.1) is 6.10 Å². The van der Waals surface area contributed by atoms with E-state index in [4.69, 9.17) is 0 Å². The minimum atomic E-state index is -0.233. The lowest BCUT2D eigenvalue weighted by Crippen LogP contribution is -2.44. The molecule has 0 spiro atoms. The van der Waals surface area contributed by atoms with Gasteiger partial charge in [-0.25, -0.2) is 0 Å². The van der Waals surface area contributed by atoms with Crippen molar-refractivity contribution in [2.24, 2.45) is 0 Å². The third-order valence-electron chi connectivity index (χ3n) is 3.05. The van der Waals surface area contributed by atoms with Gasteiger partial charge in [0.25, 0.3) is 0 Å². The summed E-state index contributed by atoms with van der Waals surface area (Å²) >= 11 is 0. The van der Waals surface area contributed by atoms with E-state index in [9.17, 15) is 5.11 Å². The average Bonchev–Trinajstić information content (AvgIpc) is 2.25. The highest BCUT2D eigenvalue weighted by molar-refractivity contribution is 4.95. The maximum Gasteiger partial charge on any atom is 0.0636 e. The lowest BCUT2D eigenvalue weighted by Gasteiger charge is -2.32. The van der Waals surface area contributed by atoms with Crippen molar-refractivity contribution >= 4 is 0 Å². The van der Waals surface area contributed by atoms with Crippen molar-refractivity contribution < 1.29 is 5.11 Å². The molecule has 2 N–H and O–H groups in total. The molecule has 1 aliphatic rings. The van der Waals surface area contributed by atoms with Crippen LogP contribution >= 0.6 is 0 Å². The molecule has 1 fully saturated rings. The Morgan fingerprint density at radius 2 is 2.06 bits per heavy atom. The fraction of sp³-hybridized carbons (Fsp3) is 0.846. The normalized spacial score (nSPS) is 20.8. The molecule has 1 saturated heterocycles. The Labute approximate surface area is 99.5 Å². The summed E-state index contributed by atoms with van der Waals surface area (Å²) in [4.78, 5) is 2.49. The zero-order valence-electron chi connectivity index (χ0n) is 10.9. The van der Waals surface area contributed by atoms with E-state index in [1.54, 1.807) is 0 Å². The molecule has 94 valence electrons. The van der Waals surface area contributed by atoms with Crippen molar-refractivity contribution in [2.45, 2.75) is 45.8 Å². The van der Waals surface area contributed by atoms with Crippen molar-refractivity contribution in [3.63, 3.8) is 0 Å². The molecule has 1 aliphatic heterocycles. The van der Waals surface area contributed by atoms with Crippen LogP contribution < -0.4 is 5.32 Å². The molecule has 3 nitrogen and oxygen atoms in total. The molecule has 0 amide bonds. The van der Waals surface area contributed by atoms with Gasteiger partial charge < -0.3 is 10.4 Å². The molecule has 0 saturated carbocycles. The van der Waals surface area contributed by atoms with E-state index in [-0.39, 0.29) is 6.10 Å². The lowest BCUT2D eigenvalue weighted by molar-refractivity contribution is 0.167. The molecule has 0 aromatic heterocycles. The second-order valence-corrected chi connectivity index (χ2v) is 5.11. The van der Waals surface area contributed by atoms with Gasteiger partial charge >= 0.3 is 0 Å². The average molecular weight is 226 g/mol. The summed E-state index contributed by atoms with van der Waals surface area (Å²) < 4.78 is 0. The number of aliphatic hydroxyl groups excluding tert-OH is 1. The van der Waals surface area contributed by atoms with Crippen LogP contribution in [0.4, 0.5) is 0 Å². The zero-order valence-corrected chi connectivity index (χ0v) is 10.9. The zero-order chi connectivity index (χ0) is 12.0.